The molecule has 2 nitrogen and oxygen atoms in total. The van der Waals surface area contributed by atoms with Crippen LogP contribution >= 0.6 is 11.6 Å². The molecule has 0 unspecified atom stereocenters. The van der Waals surface area contributed by atoms with Gasteiger partial charge in [-0.3, -0.25) is 9.59 Å². The van der Waals surface area contributed by atoms with Crippen molar-refractivity contribution in [1.29, 1.82) is 0 Å². The highest BCUT2D eigenvalue weighted by atomic mass is 35.5. The number of hydrogen-bond donors (Lipinski definition) is 0. The first kappa shape index (κ1) is 13.7. The van der Waals surface area contributed by atoms with E-state index < -0.39 is 23.1 Å². The van der Waals surface area contributed by atoms with Crippen LogP contribution in [0, 0.1) is 6.92 Å². The first-order valence-electron chi connectivity index (χ1n) is 4.57. The van der Waals surface area contributed by atoms with E-state index in [4.69, 9.17) is 11.6 Å². The van der Waals surface area contributed by atoms with Crippen molar-refractivity contribution in [3.8, 4) is 0 Å². The van der Waals surface area contributed by atoms with Crippen LogP contribution in [0.15, 0.2) is 12.1 Å². The van der Waals surface area contributed by atoms with Crippen molar-refractivity contribution < 1.29 is 22.8 Å². The summed E-state index contributed by atoms with van der Waals surface area (Å²) in [4.78, 5) is 21.9. The molecule has 0 saturated heterocycles. The molecule has 92 valence electrons. The van der Waals surface area contributed by atoms with E-state index in [1.807, 2.05) is 0 Å². The van der Waals surface area contributed by atoms with Gasteiger partial charge in [0.25, 0.3) is 0 Å². The van der Waals surface area contributed by atoms with Crippen molar-refractivity contribution in [1.82, 2.24) is 0 Å². The molecule has 0 bridgehead atoms. The van der Waals surface area contributed by atoms with E-state index in [1.54, 1.807) is 0 Å². The van der Waals surface area contributed by atoms with E-state index >= 15 is 0 Å². The number of rotatable bonds is 3. The third-order valence-corrected chi connectivity index (χ3v) is 2.46. The Morgan fingerprint density at radius 2 is 2.00 bits per heavy atom. The van der Waals surface area contributed by atoms with Crippen LogP contribution in [-0.2, 0) is 6.18 Å². The van der Waals surface area contributed by atoms with Gasteiger partial charge in [-0.15, -0.1) is 11.6 Å². The molecule has 0 heterocycles. The van der Waals surface area contributed by atoms with E-state index in [1.165, 1.54) is 6.92 Å². The van der Waals surface area contributed by atoms with E-state index in [2.05, 4.69) is 0 Å². The smallest absolute Gasteiger partial charge is 0.298 e. The lowest BCUT2D eigenvalue weighted by atomic mass is 9.97. The third kappa shape index (κ3) is 2.85. The zero-order valence-electron chi connectivity index (χ0n) is 8.77. The normalized spacial score (nSPS) is 11.4. The van der Waals surface area contributed by atoms with Crippen LogP contribution in [-0.4, -0.2) is 17.9 Å². The Labute approximate surface area is 100 Å². The lowest BCUT2D eigenvalue weighted by Crippen LogP contribution is -2.13. The average molecular weight is 265 g/mol. The van der Waals surface area contributed by atoms with Crippen molar-refractivity contribution >= 4 is 23.7 Å². The van der Waals surface area contributed by atoms with Gasteiger partial charge in [-0.1, -0.05) is 0 Å². The van der Waals surface area contributed by atoms with Gasteiger partial charge in [0.15, 0.2) is 12.1 Å². The molecule has 0 aliphatic heterocycles. The summed E-state index contributed by atoms with van der Waals surface area (Å²) in [6.45, 7) is 1.20. The summed E-state index contributed by atoms with van der Waals surface area (Å²) in [5, 5.41) is 0. The first-order valence-corrected chi connectivity index (χ1v) is 5.11. The highest BCUT2D eigenvalue weighted by molar-refractivity contribution is 6.30. The van der Waals surface area contributed by atoms with Crippen LogP contribution in [0.5, 0.6) is 0 Å². The summed E-state index contributed by atoms with van der Waals surface area (Å²) in [7, 11) is 0. The number of aryl methyl sites for hydroxylation is 1. The molecule has 6 heteroatoms. The quantitative estimate of drug-likeness (QED) is 0.477. The monoisotopic (exact) mass is 264 g/mol. The molecular weight excluding hydrogens is 257 g/mol. The lowest BCUT2D eigenvalue weighted by Gasteiger charge is -2.13. The Balaban J connectivity index is 3.47. The number of ketones is 1. The minimum Gasteiger partial charge on any atom is -0.298 e. The maximum Gasteiger partial charge on any atom is 0.417 e. The molecule has 0 saturated carbocycles. The Bertz CT molecular complexity index is 467. The van der Waals surface area contributed by atoms with Crippen LogP contribution in [0.1, 0.15) is 31.8 Å². The molecule has 1 rings (SSSR count). The number of hydrogen-bond acceptors (Lipinski definition) is 2. The molecule has 17 heavy (non-hydrogen) atoms. The zero-order chi connectivity index (χ0) is 13.2. The second-order valence-corrected chi connectivity index (χ2v) is 3.70. The maximum absolute atomic E-state index is 12.6. The van der Waals surface area contributed by atoms with E-state index in [0.717, 1.165) is 12.1 Å². The van der Waals surface area contributed by atoms with Crippen LogP contribution in [0.2, 0.25) is 0 Å². The largest absolute Gasteiger partial charge is 0.417 e. The maximum atomic E-state index is 12.6. The van der Waals surface area contributed by atoms with E-state index in [0.29, 0.717) is 0 Å². The predicted octanol–water partition coefficient (Wildman–Crippen LogP) is 3.25. The highest BCUT2D eigenvalue weighted by Gasteiger charge is 2.35. The minimum atomic E-state index is -4.62. The topological polar surface area (TPSA) is 34.1 Å². The average Bonchev–Trinajstić information content (AvgIpc) is 2.24. The summed E-state index contributed by atoms with van der Waals surface area (Å²) in [5.74, 6) is -0.866. The third-order valence-electron chi connectivity index (χ3n) is 2.22. The summed E-state index contributed by atoms with van der Waals surface area (Å²) >= 11 is 5.30. The zero-order valence-corrected chi connectivity index (χ0v) is 9.52. The van der Waals surface area contributed by atoms with Gasteiger partial charge in [-0.2, -0.15) is 13.2 Å². The molecular formula is C11H8ClF3O2. The van der Waals surface area contributed by atoms with Crippen molar-refractivity contribution in [2.45, 2.75) is 13.1 Å². The van der Waals surface area contributed by atoms with Crippen molar-refractivity contribution in [3.63, 3.8) is 0 Å². The second-order valence-electron chi connectivity index (χ2n) is 3.43. The number of benzene rings is 1. The fourth-order valence-electron chi connectivity index (χ4n) is 1.53. The number of Topliss-reactive ketones (excluding diaryl/α,β-unsaturated/α-hetero) is 1. The van der Waals surface area contributed by atoms with Gasteiger partial charge in [-0.05, 0) is 24.6 Å². The molecule has 0 atom stereocenters. The van der Waals surface area contributed by atoms with Gasteiger partial charge in [-0.25, -0.2) is 0 Å². The molecule has 0 amide bonds. The Morgan fingerprint density at radius 1 is 1.41 bits per heavy atom. The number of carbonyl (C=O) groups is 2. The van der Waals surface area contributed by atoms with Gasteiger partial charge >= 0.3 is 6.18 Å². The summed E-state index contributed by atoms with van der Waals surface area (Å²) in [5.41, 5.74) is -1.73. The lowest BCUT2D eigenvalue weighted by molar-refractivity contribution is -0.138. The molecule has 0 aliphatic carbocycles. The first-order chi connectivity index (χ1) is 7.81. The molecule has 0 aliphatic rings. The van der Waals surface area contributed by atoms with Crippen LogP contribution in [0.3, 0.4) is 0 Å². The van der Waals surface area contributed by atoms with Crippen LogP contribution in [0.4, 0.5) is 13.2 Å². The number of alkyl halides is 4. The number of halogens is 4. The standard InChI is InChI=1S/C11H8ClF3O2/c1-6-2-7(9(17)4-12)3-8(5-16)10(6)11(13,14)15/h2-3,5H,4H2,1H3. The molecule has 0 spiro atoms. The Kier molecular flexibility index (Phi) is 3.93. The fraction of sp³-hybridized carbons (Fsp3) is 0.273. The Hall–Kier alpha value is -1.36. The predicted molar refractivity (Wildman–Crippen MR) is 56.6 cm³/mol. The number of aldehydes is 1. The second kappa shape index (κ2) is 4.87. The fourth-order valence-corrected chi connectivity index (χ4v) is 1.69. The molecule has 0 fully saturated rings. The van der Waals surface area contributed by atoms with Crippen molar-refractivity contribution in [2.75, 3.05) is 5.88 Å². The number of carbonyl (C=O) groups excluding carboxylic acids is 2. The van der Waals surface area contributed by atoms with Gasteiger partial charge < -0.3 is 0 Å². The minimum absolute atomic E-state index is 0.00704. The van der Waals surface area contributed by atoms with Crippen molar-refractivity contribution in [2.24, 2.45) is 0 Å². The SMILES string of the molecule is Cc1cc(C(=O)CCl)cc(C=O)c1C(F)(F)F. The summed E-state index contributed by atoms with van der Waals surface area (Å²) in [6.07, 6.45) is -4.54. The van der Waals surface area contributed by atoms with Gasteiger partial charge in [0.1, 0.15) is 0 Å². The van der Waals surface area contributed by atoms with Crippen molar-refractivity contribution in [3.05, 3.63) is 34.4 Å². The van der Waals surface area contributed by atoms with Crippen LogP contribution in [0.25, 0.3) is 0 Å². The van der Waals surface area contributed by atoms with Gasteiger partial charge in [0.2, 0.25) is 0 Å². The molecule has 0 N–H and O–H groups in total. The molecule has 1 aromatic rings. The van der Waals surface area contributed by atoms with Gasteiger partial charge in [0, 0.05) is 11.1 Å². The summed E-state index contributed by atoms with van der Waals surface area (Å²) < 4.78 is 37.9. The Morgan fingerprint density at radius 3 is 2.41 bits per heavy atom. The van der Waals surface area contributed by atoms with Gasteiger partial charge in [0.05, 0.1) is 11.4 Å². The molecule has 0 radical (unpaired) electrons. The van der Waals surface area contributed by atoms with E-state index in [-0.39, 0.29) is 23.3 Å². The van der Waals surface area contributed by atoms with Crippen LogP contribution < -0.4 is 0 Å². The van der Waals surface area contributed by atoms with E-state index in [9.17, 15) is 22.8 Å². The summed E-state index contributed by atoms with van der Waals surface area (Å²) in [6, 6.07) is 1.99. The molecule has 0 aromatic heterocycles. The highest BCUT2D eigenvalue weighted by Crippen LogP contribution is 2.34. The molecule has 1 aromatic carbocycles.